The molecule has 0 amide bonds. The fourth-order valence-electron chi connectivity index (χ4n) is 2.69. The summed E-state index contributed by atoms with van der Waals surface area (Å²) in [6.07, 6.45) is 0. The van der Waals surface area contributed by atoms with Crippen LogP contribution in [0.5, 0.6) is 0 Å². The van der Waals surface area contributed by atoms with Crippen LogP contribution in [0.4, 0.5) is 5.82 Å². The summed E-state index contributed by atoms with van der Waals surface area (Å²) in [6, 6.07) is 9.54. The number of fused-ring (bicyclic) bond motifs is 1. The predicted molar refractivity (Wildman–Crippen MR) is 85.1 cm³/mol. The number of nitrogens with zero attached hydrogens (tertiary/aromatic N) is 2. The molecule has 0 fully saturated rings. The third-order valence-electron chi connectivity index (χ3n) is 3.85. The second-order valence-corrected chi connectivity index (χ2v) is 5.17. The van der Waals surface area contributed by atoms with Crippen LogP contribution in [0.3, 0.4) is 0 Å². The smallest absolute Gasteiger partial charge is 0.260 e. The van der Waals surface area contributed by atoms with Crippen LogP contribution < -0.4 is 11.3 Å². The molecule has 1 unspecified atom stereocenters. The first-order valence-corrected chi connectivity index (χ1v) is 7.20. The van der Waals surface area contributed by atoms with Crippen LogP contribution in [0.2, 0.25) is 0 Å². The molecule has 0 spiro atoms. The highest BCUT2D eigenvalue weighted by atomic mass is 16.1. The van der Waals surface area contributed by atoms with Gasteiger partial charge >= 0.3 is 0 Å². The maximum atomic E-state index is 12.6. The Labute approximate surface area is 119 Å². The van der Waals surface area contributed by atoms with E-state index in [9.17, 15) is 4.79 Å². The van der Waals surface area contributed by atoms with E-state index < -0.39 is 0 Å². The van der Waals surface area contributed by atoms with Gasteiger partial charge in [0.15, 0.2) is 0 Å². The topological polar surface area (TPSA) is 51.3 Å². The van der Waals surface area contributed by atoms with Gasteiger partial charge in [-0.05, 0) is 37.5 Å². The first-order chi connectivity index (χ1) is 9.58. The van der Waals surface area contributed by atoms with E-state index in [1.807, 2.05) is 37.3 Å². The van der Waals surface area contributed by atoms with Gasteiger partial charge in [0.05, 0.1) is 0 Å². The molecule has 2 aromatic rings. The van der Waals surface area contributed by atoms with Crippen LogP contribution in [-0.2, 0) is 0 Å². The standard InChI is InChI=1S/C16H23N3O/c1-4-18(5-2)11-12(3)19-15(17)10-13-8-6-7-9-14(13)16(19)20/h6-10,12H,4-5,11,17H2,1-3H3. The molecular formula is C16H23N3O. The molecule has 2 rings (SSSR count). The van der Waals surface area contributed by atoms with Crippen molar-refractivity contribution >= 4 is 16.6 Å². The van der Waals surface area contributed by atoms with Gasteiger partial charge in [-0.15, -0.1) is 0 Å². The molecule has 1 aromatic heterocycles. The highest BCUT2D eigenvalue weighted by Crippen LogP contribution is 2.17. The molecule has 1 heterocycles. The number of likely N-dealkylation sites (N-methyl/N-ethyl adjacent to an activating group) is 1. The van der Waals surface area contributed by atoms with E-state index in [4.69, 9.17) is 5.73 Å². The average Bonchev–Trinajstić information content (AvgIpc) is 2.44. The molecule has 0 saturated carbocycles. The van der Waals surface area contributed by atoms with E-state index in [0.29, 0.717) is 5.82 Å². The number of hydrogen-bond donors (Lipinski definition) is 1. The average molecular weight is 273 g/mol. The summed E-state index contributed by atoms with van der Waals surface area (Å²) in [7, 11) is 0. The molecule has 2 N–H and O–H groups in total. The summed E-state index contributed by atoms with van der Waals surface area (Å²) in [5.41, 5.74) is 6.09. The van der Waals surface area contributed by atoms with E-state index in [1.54, 1.807) is 4.57 Å². The fraction of sp³-hybridized carbons (Fsp3) is 0.438. The van der Waals surface area contributed by atoms with Crippen molar-refractivity contribution in [3.63, 3.8) is 0 Å². The molecule has 4 heteroatoms. The van der Waals surface area contributed by atoms with Crippen molar-refractivity contribution in [2.45, 2.75) is 26.8 Å². The second kappa shape index (κ2) is 6.09. The Balaban J connectivity index is 2.46. The zero-order valence-electron chi connectivity index (χ0n) is 12.5. The largest absolute Gasteiger partial charge is 0.385 e. The van der Waals surface area contributed by atoms with Gasteiger partial charge in [-0.1, -0.05) is 32.0 Å². The number of pyridine rings is 1. The number of nitrogen functional groups attached to an aromatic ring is 1. The van der Waals surface area contributed by atoms with E-state index in [0.717, 1.165) is 30.4 Å². The van der Waals surface area contributed by atoms with E-state index in [1.165, 1.54) is 0 Å². The Morgan fingerprint density at radius 2 is 1.90 bits per heavy atom. The van der Waals surface area contributed by atoms with Crippen LogP contribution in [0, 0.1) is 0 Å². The lowest BCUT2D eigenvalue weighted by atomic mass is 10.1. The highest BCUT2D eigenvalue weighted by Gasteiger charge is 2.14. The highest BCUT2D eigenvalue weighted by molar-refractivity contribution is 5.83. The van der Waals surface area contributed by atoms with Crippen molar-refractivity contribution < 1.29 is 0 Å². The Morgan fingerprint density at radius 3 is 2.55 bits per heavy atom. The molecule has 0 aliphatic carbocycles. The molecular weight excluding hydrogens is 250 g/mol. The number of aromatic nitrogens is 1. The Hall–Kier alpha value is -1.81. The summed E-state index contributed by atoms with van der Waals surface area (Å²) in [6.45, 7) is 9.08. The summed E-state index contributed by atoms with van der Waals surface area (Å²) in [5, 5.41) is 1.63. The van der Waals surface area contributed by atoms with Gasteiger partial charge in [-0.3, -0.25) is 9.36 Å². The Bertz CT molecular complexity index is 644. The molecule has 0 aliphatic heterocycles. The third-order valence-corrected chi connectivity index (χ3v) is 3.85. The van der Waals surface area contributed by atoms with Gasteiger partial charge in [0, 0.05) is 18.0 Å². The molecule has 20 heavy (non-hydrogen) atoms. The van der Waals surface area contributed by atoms with Crippen LogP contribution in [0.25, 0.3) is 10.8 Å². The van der Waals surface area contributed by atoms with Gasteiger partial charge < -0.3 is 10.6 Å². The minimum atomic E-state index is 0.000237. The summed E-state index contributed by atoms with van der Waals surface area (Å²) >= 11 is 0. The summed E-state index contributed by atoms with van der Waals surface area (Å²) in [5.74, 6) is 0.536. The van der Waals surface area contributed by atoms with Crippen LogP contribution >= 0.6 is 0 Å². The molecule has 1 aromatic carbocycles. The lowest BCUT2D eigenvalue weighted by Gasteiger charge is -2.25. The van der Waals surface area contributed by atoms with Crippen LogP contribution in [0.15, 0.2) is 35.1 Å². The fourth-order valence-corrected chi connectivity index (χ4v) is 2.69. The molecule has 4 nitrogen and oxygen atoms in total. The molecule has 0 saturated heterocycles. The second-order valence-electron chi connectivity index (χ2n) is 5.17. The van der Waals surface area contributed by atoms with Crippen LogP contribution in [-0.4, -0.2) is 29.1 Å². The number of anilines is 1. The Morgan fingerprint density at radius 1 is 1.25 bits per heavy atom. The lowest BCUT2D eigenvalue weighted by molar-refractivity contribution is 0.260. The minimum absolute atomic E-state index is 0.000237. The normalized spacial score (nSPS) is 13.0. The van der Waals surface area contributed by atoms with Gasteiger partial charge in [-0.2, -0.15) is 0 Å². The molecule has 1 atom stereocenters. The first-order valence-electron chi connectivity index (χ1n) is 7.20. The van der Waals surface area contributed by atoms with Crippen molar-refractivity contribution in [3.8, 4) is 0 Å². The minimum Gasteiger partial charge on any atom is -0.385 e. The maximum Gasteiger partial charge on any atom is 0.260 e. The number of benzene rings is 1. The number of rotatable bonds is 5. The SMILES string of the molecule is CCN(CC)CC(C)n1c(N)cc2ccccc2c1=O. The van der Waals surface area contributed by atoms with Crippen molar-refractivity contribution in [2.75, 3.05) is 25.4 Å². The van der Waals surface area contributed by atoms with Gasteiger partial charge in [0.1, 0.15) is 5.82 Å². The third kappa shape index (κ3) is 2.70. The lowest BCUT2D eigenvalue weighted by Crippen LogP contribution is -2.34. The van der Waals surface area contributed by atoms with Gasteiger partial charge in [-0.25, -0.2) is 0 Å². The quantitative estimate of drug-likeness (QED) is 0.910. The van der Waals surface area contributed by atoms with Crippen LogP contribution in [0.1, 0.15) is 26.8 Å². The zero-order valence-corrected chi connectivity index (χ0v) is 12.5. The summed E-state index contributed by atoms with van der Waals surface area (Å²) < 4.78 is 1.71. The van der Waals surface area contributed by atoms with Crippen molar-refractivity contribution in [1.29, 1.82) is 0 Å². The Kier molecular flexibility index (Phi) is 4.45. The van der Waals surface area contributed by atoms with Crippen molar-refractivity contribution in [3.05, 3.63) is 40.7 Å². The van der Waals surface area contributed by atoms with E-state index in [-0.39, 0.29) is 11.6 Å². The first kappa shape index (κ1) is 14.6. The summed E-state index contributed by atoms with van der Waals surface area (Å²) in [4.78, 5) is 14.9. The molecule has 0 aliphatic rings. The molecule has 108 valence electrons. The predicted octanol–water partition coefficient (Wildman–Crippen LogP) is 2.49. The van der Waals surface area contributed by atoms with Gasteiger partial charge in [0.25, 0.3) is 5.56 Å². The number of hydrogen-bond acceptors (Lipinski definition) is 3. The number of nitrogens with two attached hydrogens (primary N) is 1. The zero-order chi connectivity index (χ0) is 14.7. The van der Waals surface area contributed by atoms with E-state index in [2.05, 4.69) is 18.7 Å². The van der Waals surface area contributed by atoms with Gasteiger partial charge in [0.2, 0.25) is 0 Å². The molecule has 0 radical (unpaired) electrons. The van der Waals surface area contributed by atoms with E-state index >= 15 is 0 Å². The monoisotopic (exact) mass is 273 g/mol. The van der Waals surface area contributed by atoms with Crippen molar-refractivity contribution in [1.82, 2.24) is 9.47 Å². The molecule has 0 bridgehead atoms. The maximum absolute atomic E-state index is 12.6. The van der Waals surface area contributed by atoms with Crippen molar-refractivity contribution in [2.24, 2.45) is 0 Å².